The van der Waals surface area contributed by atoms with Gasteiger partial charge in [0.1, 0.15) is 5.75 Å². The minimum absolute atomic E-state index is 0.487. The molecule has 2 rings (SSSR count). The molecule has 1 aromatic carbocycles. The van der Waals surface area contributed by atoms with Crippen LogP contribution in [0.25, 0.3) is 0 Å². The van der Waals surface area contributed by atoms with E-state index in [9.17, 15) is 0 Å². The van der Waals surface area contributed by atoms with Crippen molar-refractivity contribution >= 4 is 5.69 Å². The SMILES string of the molecule is CNCC1Cc2cc(C)cc(OC)c2N1. The van der Waals surface area contributed by atoms with E-state index in [2.05, 4.69) is 29.7 Å². The van der Waals surface area contributed by atoms with E-state index in [0.717, 1.165) is 18.7 Å². The van der Waals surface area contributed by atoms with Gasteiger partial charge in [0, 0.05) is 12.6 Å². The second kappa shape index (κ2) is 4.11. The van der Waals surface area contributed by atoms with Crippen LogP contribution in [0.4, 0.5) is 5.69 Å². The molecule has 0 aromatic heterocycles. The normalized spacial score (nSPS) is 18.5. The van der Waals surface area contributed by atoms with Crippen molar-refractivity contribution in [3.8, 4) is 5.75 Å². The van der Waals surface area contributed by atoms with Crippen LogP contribution in [-0.2, 0) is 6.42 Å². The van der Waals surface area contributed by atoms with Crippen molar-refractivity contribution in [2.75, 3.05) is 26.0 Å². The summed E-state index contributed by atoms with van der Waals surface area (Å²) in [5.41, 5.74) is 3.80. The highest BCUT2D eigenvalue weighted by atomic mass is 16.5. The Morgan fingerprint density at radius 2 is 2.33 bits per heavy atom. The Balaban J connectivity index is 2.28. The standard InChI is InChI=1S/C12H18N2O/c1-8-4-9-6-10(7-13-2)14-12(9)11(5-8)15-3/h4-5,10,13-14H,6-7H2,1-3H3. The van der Waals surface area contributed by atoms with Gasteiger partial charge in [0.05, 0.1) is 12.8 Å². The molecule has 0 amide bonds. The first-order valence-corrected chi connectivity index (χ1v) is 5.33. The Bertz CT molecular complexity index is 363. The maximum Gasteiger partial charge on any atom is 0.142 e. The summed E-state index contributed by atoms with van der Waals surface area (Å²) < 4.78 is 5.38. The molecule has 0 aliphatic carbocycles. The molecule has 0 saturated heterocycles. The molecule has 0 spiro atoms. The zero-order chi connectivity index (χ0) is 10.8. The number of hydrogen-bond acceptors (Lipinski definition) is 3. The molecular weight excluding hydrogens is 188 g/mol. The van der Waals surface area contributed by atoms with Gasteiger partial charge in [0.2, 0.25) is 0 Å². The zero-order valence-corrected chi connectivity index (χ0v) is 9.55. The minimum Gasteiger partial charge on any atom is -0.495 e. The number of anilines is 1. The fraction of sp³-hybridized carbons (Fsp3) is 0.500. The van der Waals surface area contributed by atoms with Crippen molar-refractivity contribution in [2.45, 2.75) is 19.4 Å². The molecule has 1 atom stereocenters. The van der Waals surface area contributed by atoms with Gasteiger partial charge in [-0.1, -0.05) is 6.07 Å². The topological polar surface area (TPSA) is 33.3 Å². The molecule has 3 nitrogen and oxygen atoms in total. The number of nitrogens with one attached hydrogen (secondary N) is 2. The molecule has 2 N–H and O–H groups in total. The summed E-state index contributed by atoms with van der Waals surface area (Å²) in [5.74, 6) is 0.962. The fourth-order valence-electron chi connectivity index (χ4n) is 2.20. The van der Waals surface area contributed by atoms with Crippen LogP contribution in [0.15, 0.2) is 12.1 Å². The highest BCUT2D eigenvalue weighted by molar-refractivity contribution is 5.67. The molecule has 1 aromatic rings. The highest BCUT2D eigenvalue weighted by Gasteiger charge is 2.23. The van der Waals surface area contributed by atoms with Gasteiger partial charge in [-0.3, -0.25) is 0 Å². The van der Waals surface area contributed by atoms with Gasteiger partial charge in [-0.2, -0.15) is 0 Å². The Labute approximate surface area is 90.8 Å². The molecule has 82 valence electrons. The number of benzene rings is 1. The molecule has 0 bridgehead atoms. The summed E-state index contributed by atoms with van der Waals surface area (Å²) in [6.07, 6.45) is 1.08. The predicted molar refractivity (Wildman–Crippen MR) is 62.8 cm³/mol. The average molecular weight is 206 g/mol. The molecule has 0 radical (unpaired) electrons. The van der Waals surface area contributed by atoms with E-state index in [-0.39, 0.29) is 0 Å². The molecule has 0 fully saturated rings. The van der Waals surface area contributed by atoms with Crippen LogP contribution in [0.5, 0.6) is 5.75 Å². The molecule has 1 heterocycles. The summed E-state index contributed by atoms with van der Waals surface area (Å²) >= 11 is 0. The van der Waals surface area contributed by atoms with Crippen LogP contribution in [0, 0.1) is 6.92 Å². The molecule has 3 heteroatoms. The van der Waals surface area contributed by atoms with Gasteiger partial charge in [0.15, 0.2) is 0 Å². The van der Waals surface area contributed by atoms with E-state index < -0.39 is 0 Å². The summed E-state index contributed by atoms with van der Waals surface area (Å²) in [6, 6.07) is 4.80. The van der Waals surface area contributed by atoms with Crippen molar-refractivity contribution in [1.29, 1.82) is 0 Å². The van der Waals surface area contributed by atoms with Gasteiger partial charge in [-0.05, 0) is 37.6 Å². The van der Waals surface area contributed by atoms with E-state index in [1.54, 1.807) is 7.11 Å². The van der Waals surface area contributed by atoms with Crippen LogP contribution in [0.2, 0.25) is 0 Å². The lowest BCUT2D eigenvalue weighted by molar-refractivity contribution is 0.416. The third-order valence-electron chi connectivity index (χ3n) is 2.81. The van der Waals surface area contributed by atoms with Crippen LogP contribution < -0.4 is 15.4 Å². The molecule has 15 heavy (non-hydrogen) atoms. The summed E-state index contributed by atoms with van der Waals surface area (Å²) in [7, 11) is 3.70. The largest absolute Gasteiger partial charge is 0.495 e. The highest BCUT2D eigenvalue weighted by Crippen LogP contribution is 2.35. The van der Waals surface area contributed by atoms with E-state index in [0.29, 0.717) is 6.04 Å². The predicted octanol–water partition coefficient (Wildman–Crippen LogP) is 1.56. The number of ether oxygens (including phenoxy) is 1. The smallest absolute Gasteiger partial charge is 0.142 e. The Morgan fingerprint density at radius 1 is 1.53 bits per heavy atom. The number of likely N-dealkylation sites (N-methyl/N-ethyl adjacent to an activating group) is 1. The van der Waals surface area contributed by atoms with Crippen LogP contribution in [-0.4, -0.2) is 26.7 Å². The van der Waals surface area contributed by atoms with Crippen molar-refractivity contribution in [3.05, 3.63) is 23.3 Å². The van der Waals surface area contributed by atoms with Gasteiger partial charge >= 0.3 is 0 Å². The number of rotatable bonds is 3. The van der Waals surface area contributed by atoms with Gasteiger partial charge < -0.3 is 15.4 Å². The van der Waals surface area contributed by atoms with Gasteiger partial charge in [0.25, 0.3) is 0 Å². The molecule has 0 saturated carbocycles. The molecule has 1 aliphatic rings. The van der Waals surface area contributed by atoms with Gasteiger partial charge in [-0.25, -0.2) is 0 Å². The second-order valence-corrected chi connectivity index (χ2v) is 4.10. The van der Waals surface area contributed by atoms with Crippen molar-refractivity contribution in [3.63, 3.8) is 0 Å². The van der Waals surface area contributed by atoms with Crippen molar-refractivity contribution < 1.29 is 4.74 Å². The Morgan fingerprint density at radius 3 is 3.00 bits per heavy atom. The first-order valence-electron chi connectivity index (χ1n) is 5.33. The summed E-state index contributed by atoms with van der Waals surface area (Å²) in [4.78, 5) is 0. The lowest BCUT2D eigenvalue weighted by Gasteiger charge is -2.11. The number of hydrogen-bond donors (Lipinski definition) is 2. The molecule has 1 unspecified atom stereocenters. The van der Waals surface area contributed by atoms with E-state index in [1.807, 2.05) is 7.05 Å². The van der Waals surface area contributed by atoms with Crippen molar-refractivity contribution in [2.24, 2.45) is 0 Å². The Kier molecular flexibility index (Phi) is 2.82. The van der Waals surface area contributed by atoms with Crippen molar-refractivity contribution in [1.82, 2.24) is 5.32 Å². The van der Waals surface area contributed by atoms with Crippen LogP contribution >= 0.6 is 0 Å². The maximum absolute atomic E-state index is 5.38. The summed E-state index contributed by atoms with van der Waals surface area (Å²) in [6.45, 7) is 3.09. The van der Waals surface area contributed by atoms with E-state index in [1.165, 1.54) is 16.8 Å². The second-order valence-electron chi connectivity index (χ2n) is 4.10. The first kappa shape index (κ1) is 10.3. The third kappa shape index (κ3) is 1.92. The molecule has 1 aliphatic heterocycles. The number of fused-ring (bicyclic) bond motifs is 1. The van der Waals surface area contributed by atoms with Crippen LogP contribution in [0.1, 0.15) is 11.1 Å². The first-order chi connectivity index (χ1) is 7.24. The quantitative estimate of drug-likeness (QED) is 0.787. The fourth-order valence-corrected chi connectivity index (χ4v) is 2.20. The number of aryl methyl sites for hydroxylation is 1. The summed E-state index contributed by atoms with van der Waals surface area (Å²) in [5, 5.41) is 6.69. The Hall–Kier alpha value is -1.22. The van der Waals surface area contributed by atoms with Gasteiger partial charge in [-0.15, -0.1) is 0 Å². The molecular formula is C12H18N2O. The number of methoxy groups -OCH3 is 1. The van der Waals surface area contributed by atoms with Crippen LogP contribution in [0.3, 0.4) is 0 Å². The monoisotopic (exact) mass is 206 g/mol. The van der Waals surface area contributed by atoms with E-state index >= 15 is 0 Å². The maximum atomic E-state index is 5.38. The minimum atomic E-state index is 0.487. The third-order valence-corrected chi connectivity index (χ3v) is 2.81. The lowest BCUT2D eigenvalue weighted by Crippen LogP contribution is -2.28. The van der Waals surface area contributed by atoms with E-state index in [4.69, 9.17) is 4.74 Å². The zero-order valence-electron chi connectivity index (χ0n) is 9.55. The average Bonchev–Trinajstić information content (AvgIpc) is 2.59. The lowest BCUT2D eigenvalue weighted by atomic mass is 10.1.